The average molecular weight is 531 g/mol. The van der Waals surface area contributed by atoms with Crippen molar-refractivity contribution in [3.05, 3.63) is 45.7 Å². The molecule has 0 saturated carbocycles. The minimum absolute atomic E-state index is 0.129. The van der Waals surface area contributed by atoms with Crippen LogP contribution in [0.15, 0.2) is 30.0 Å². The average Bonchev–Trinajstić information content (AvgIpc) is 3.22. The zero-order chi connectivity index (χ0) is 27.7. The van der Waals surface area contributed by atoms with Gasteiger partial charge in [-0.2, -0.15) is 0 Å². The Labute approximate surface area is 225 Å². The molecule has 2 heterocycles. The number of hydrogen-bond acceptors (Lipinski definition) is 7. The SMILES string of the molecule is CCCCCCCCCCCCOC1=CC(=O)N(C2c3cc([N+](=O)[O-])ccc3OC(C)(C)C2OC(C)=O)C1. The Morgan fingerprint density at radius 1 is 1.11 bits per heavy atom. The van der Waals surface area contributed by atoms with Crippen molar-refractivity contribution < 1.29 is 28.7 Å². The number of nitro groups is 1. The summed E-state index contributed by atoms with van der Waals surface area (Å²) >= 11 is 0. The molecule has 210 valence electrons. The first kappa shape index (κ1) is 29.5. The monoisotopic (exact) mass is 530 g/mol. The Bertz CT molecular complexity index is 1020. The van der Waals surface area contributed by atoms with E-state index in [2.05, 4.69) is 6.92 Å². The highest BCUT2D eigenvalue weighted by molar-refractivity contribution is 5.91. The molecule has 2 atom stereocenters. The highest BCUT2D eigenvalue weighted by Crippen LogP contribution is 2.46. The van der Waals surface area contributed by atoms with E-state index in [1.165, 1.54) is 82.6 Å². The second-order valence-electron chi connectivity index (χ2n) is 10.8. The van der Waals surface area contributed by atoms with Gasteiger partial charge in [0.05, 0.1) is 18.1 Å². The van der Waals surface area contributed by atoms with Crippen LogP contribution in [0.2, 0.25) is 0 Å². The molecular weight excluding hydrogens is 488 g/mol. The number of fused-ring (bicyclic) bond motifs is 1. The molecule has 0 aromatic heterocycles. The second-order valence-corrected chi connectivity index (χ2v) is 10.8. The minimum atomic E-state index is -0.973. The lowest BCUT2D eigenvalue weighted by Gasteiger charge is -2.46. The number of amides is 1. The van der Waals surface area contributed by atoms with E-state index in [9.17, 15) is 19.7 Å². The lowest BCUT2D eigenvalue weighted by atomic mass is 9.85. The summed E-state index contributed by atoms with van der Waals surface area (Å²) in [7, 11) is 0. The normalized spacial score (nSPS) is 19.9. The fourth-order valence-corrected chi connectivity index (χ4v) is 5.20. The molecule has 9 nitrogen and oxygen atoms in total. The number of carbonyl (C=O) groups is 2. The quantitative estimate of drug-likeness (QED) is 0.112. The number of carbonyl (C=O) groups excluding carboxylic acids is 2. The summed E-state index contributed by atoms with van der Waals surface area (Å²) in [5.74, 6) is 0.147. The third kappa shape index (κ3) is 7.71. The summed E-state index contributed by atoms with van der Waals surface area (Å²) in [6, 6.07) is 3.52. The predicted molar refractivity (Wildman–Crippen MR) is 144 cm³/mol. The molecule has 0 N–H and O–H groups in total. The van der Waals surface area contributed by atoms with Gasteiger partial charge in [0, 0.05) is 30.7 Å². The summed E-state index contributed by atoms with van der Waals surface area (Å²) in [6.45, 7) is 7.79. The van der Waals surface area contributed by atoms with E-state index >= 15 is 0 Å². The molecule has 0 spiro atoms. The first-order chi connectivity index (χ1) is 18.1. The van der Waals surface area contributed by atoms with Crippen molar-refractivity contribution in [2.24, 2.45) is 0 Å². The van der Waals surface area contributed by atoms with Crippen LogP contribution >= 0.6 is 0 Å². The molecule has 3 rings (SSSR count). The fourth-order valence-electron chi connectivity index (χ4n) is 5.20. The van der Waals surface area contributed by atoms with E-state index < -0.39 is 28.6 Å². The van der Waals surface area contributed by atoms with E-state index in [1.807, 2.05) is 0 Å². The van der Waals surface area contributed by atoms with Crippen LogP contribution in [0.5, 0.6) is 5.75 Å². The van der Waals surface area contributed by atoms with Crippen LogP contribution in [-0.2, 0) is 19.1 Å². The first-order valence-corrected chi connectivity index (χ1v) is 13.9. The smallest absolute Gasteiger partial charge is 0.303 e. The van der Waals surface area contributed by atoms with Gasteiger partial charge in [-0.05, 0) is 26.3 Å². The van der Waals surface area contributed by atoms with Crippen LogP contribution < -0.4 is 4.74 Å². The van der Waals surface area contributed by atoms with Gasteiger partial charge in [0.25, 0.3) is 11.6 Å². The maximum atomic E-state index is 13.1. The topological polar surface area (TPSA) is 108 Å². The molecule has 0 bridgehead atoms. The molecule has 0 aliphatic carbocycles. The van der Waals surface area contributed by atoms with Crippen molar-refractivity contribution in [2.45, 2.75) is 110 Å². The predicted octanol–water partition coefficient (Wildman–Crippen LogP) is 6.40. The van der Waals surface area contributed by atoms with Gasteiger partial charge in [-0.25, -0.2) is 0 Å². The van der Waals surface area contributed by atoms with Crippen LogP contribution in [0.3, 0.4) is 0 Å². The number of hydrogen-bond donors (Lipinski definition) is 0. The maximum Gasteiger partial charge on any atom is 0.303 e. The Morgan fingerprint density at radius 3 is 2.34 bits per heavy atom. The second kappa shape index (κ2) is 13.6. The van der Waals surface area contributed by atoms with Crippen LogP contribution in [0.4, 0.5) is 5.69 Å². The molecule has 0 fully saturated rings. The molecule has 2 aliphatic rings. The van der Waals surface area contributed by atoms with Crippen molar-refractivity contribution in [3.63, 3.8) is 0 Å². The van der Waals surface area contributed by atoms with Crippen LogP contribution in [-0.4, -0.2) is 46.6 Å². The van der Waals surface area contributed by atoms with E-state index in [4.69, 9.17) is 14.2 Å². The van der Waals surface area contributed by atoms with E-state index in [0.29, 0.717) is 23.7 Å². The van der Waals surface area contributed by atoms with Crippen LogP contribution in [0.1, 0.15) is 104 Å². The van der Waals surface area contributed by atoms with E-state index in [0.717, 1.165) is 12.8 Å². The van der Waals surface area contributed by atoms with Crippen molar-refractivity contribution in [2.75, 3.05) is 13.2 Å². The van der Waals surface area contributed by atoms with Gasteiger partial charge in [0.15, 0.2) is 6.10 Å². The molecule has 38 heavy (non-hydrogen) atoms. The summed E-state index contributed by atoms with van der Waals surface area (Å²) < 4.78 is 17.7. The van der Waals surface area contributed by atoms with Crippen molar-refractivity contribution >= 4 is 17.6 Å². The molecule has 1 aromatic rings. The molecule has 0 radical (unpaired) electrons. The van der Waals surface area contributed by atoms with Crippen LogP contribution in [0.25, 0.3) is 0 Å². The van der Waals surface area contributed by atoms with Gasteiger partial charge in [-0.15, -0.1) is 0 Å². The summed E-state index contributed by atoms with van der Waals surface area (Å²) in [5.41, 5.74) is -0.669. The van der Waals surface area contributed by atoms with Gasteiger partial charge >= 0.3 is 5.97 Å². The van der Waals surface area contributed by atoms with Gasteiger partial charge in [0.1, 0.15) is 23.2 Å². The minimum Gasteiger partial charge on any atom is -0.496 e. The molecule has 2 aliphatic heterocycles. The van der Waals surface area contributed by atoms with Crippen molar-refractivity contribution in [1.29, 1.82) is 0 Å². The van der Waals surface area contributed by atoms with E-state index in [-0.39, 0.29) is 18.1 Å². The largest absolute Gasteiger partial charge is 0.496 e. The standard InChI is InChI=1S/C29H42N2O7/c1-5-6-7-8-9-10-11-12-13-14-17-36-23-19-26(33)30(20-23)27-24-18-22(31(34)35)15-16-25(24)38-29(3,4)28(27)37-21(2)32/h15-16,18-19,27-28H,5-14,17,20H2,1-4H3. The lowest BCUT2D eigenvalue weighted by Crippen LogP contribution is -2.55. The summed E-state index contributed by atoms with van der Waals surface area (Å²) in [6.07, 6.45) is 12.9. The van der Waals surface area contributed by atoms with E-state index in [1.54, 1.807) is 18.7 Å². The highest BCUT2D eigenvalue weighted by atomic mass is 16.6. The number of non-ortho nitro benzene ring substituents is 1. The molecule has 2 unspecified atom stereocenters. The first-order valence-electron chi connectivity index (χ1n) is 13.9. The highest BCUT2D eigenvalue weighted by Gasteiger charge is 2.51. The summed E-state index contributed by atoms with van der Waals surface area (Å²) in [5, 5.41) is 11.5. The number of nitro benzene ring substituents is 1. The molecular formula is C29H42N2O7. The maximum absolute atomic E-state index is 13.1. The van der Waals surface area contributed by atoms with Crippen molar-refractivity contribution in [1.82, 2.24) is 4.90 Å². The number of benzene rings is 1. The fraction of sp³-hybridized carbons (Fsp3) is 0.655. The van der Waals surface area contributed by atoms with Crippen molar-refractivity contribution in [3.8, 4) is 5.75 Å². The number of nitrogens with zero attached hydrogens (tertiary/aromatic N) is 2. The third-order valence-corrected chi connectivity index (χ3v) is 7.18. The zero-order valence-corrected chi connectivity index (χ0v) is 23.2. The van der Waals surface area contributed by atoms with Gasteiger partial charge in [0.2, 0.25) is 0 Å². The Morgan fingerprint density at radius 2 is 1.74 bits per heavy atom. The van der Waals surface area contributed by atoms with Gasteiger partial charge in [-0.1, -0.05) is 64.7 Å². The summed E-state index contributed by atoms with van der Waals surface area (Å²) in [4.78, 5) is 37.6. The molecule has 0 saturated heterocycles. The van der Waals surface area contributed by atoms with Crippen LogP contribution in [0, 0.1) is 10.1 Å². The Hall–Kier alpha value is -3.10. The van der Waals surface area contributed by atoms with Gasteiger partial charge < -0.3 is 19.1 Å². The third-order valence-electron chi connectivity index (χ3n) is 7.18. The van der Waals surface area contributed by atoms with Gasteiger partial charge in [-0.3, -0.25) is 19.7 Å². The molecule has 9 heteroatoms. The Kier molecular flexibility index (Phi) is 10.6. The lowest BCUT2D eigenvalue weighted by molar-refractivity contribution is -0.385. The zero-order valence-electron chi connectivity index (χ0n) is 23.2. The number of ether oxygens (including phenoxy) is 3. The number of unbranched alkanes of at least 4 members (excludes halogenated alkanes) is 9. The molecule has 1 amide bonds. The molecule has 1 aromatic carbocycles. The number of rotatable bonds is 15. The number of esters is 1. The Balaban J connectivity index is 1.60.